The number of halogens is 1. The maximum atomic E-state index is 13.4. The minimum absolute atomic E-state index is 0.00464. The maximum Gasteiger partial charge on any atom is 0.222 e. The molecule has 4 nitrogen and oxygen atoms in total. The van der Waals surface area contributed by atoms with Crippen LogP contribution in [0.3, 0.4) is 0 Å². The second kappa shape index (κ2) is 7.07. The molecule has 1 aromatic heterocycles. The van der Waals surface area contributed by atoms with Gasteiger partial charge >= 0.3 is 0 Å². The fourth-order valence-electron chi connectivity index (χ4n) is 1.50. The van der Waals surface area contributed by atoms with Gasteiger partial charge in [-0.1, -0.05) is 26.0 Å². The van der Waals surface area contributed by atoms with E-state index >= 15 is 0 Å². The molecule has 0 spiro atoms. The third kappa shape index (κ3) is 3.49. The minimum Gasteiger partial charge on any atom is -0.324 e. The molecule has 0 amide bonds. The summed E-state index contributed by atoms with van der Waals surface area (Å²) in [5.41, 5.74) is 1.10. The molecule has 0 aliphatic carbocycles. The average Bonchev–Trinajstić information content (AvgIpc) is 2.88. The summed E-state index contributed by atoms with van der Waals surface area (Å²) >= 11 is 0. The molecule has 2 rings (SSSR count). The Morgan fingerprint density at radius 1 is 1.47 bits per heavy atom. The number of imidazole rings is 1. The number of benzene rings is 1. The highest BCUT2D eigenvalue weighted by molar-refractivity contribution is 5.71. The zero-order chi connectivity index (χ0) is 14.3. The molecule has 0 bridgehead atoms. The Labute approximate surface area is 111 Å². The molecule has 1 heterocycles. The summed E-state index contributed by atoms with van der Waals surface area (Å²) < 4.78 is 15.0. The van der Waals surface area contributed by atoms with Crippen LogP contribution in [-0.4, -0.2) is 15.8 Å². The van der Waals surface area contributed by atoms with Crippen molar-refractivity contribution in [3.05, 3.63) is 59.2 Å². The van der Waals surface area contributed by atoms with E-state index in [1.807, 2.05) is 13.8 Å². The number of carbonyl (C=O) groups excluding carboxylic acids is 1. The van der Waals surface area contributed by atoms with Crippen LogP contribution in [0.1, 0.15) is 29.9 Å². The van der Waals surface area contributed by atoms with E-state index in [4.69, 9.17) is 6.57 Å². The molecule has 19 heavy (non-hydrogen) atoms. The van der Waals surface area contributed by atoms with E-state index in [2.05, 4.69) is 9.83 Å². The van der Waals surface area contributed by atoms with Gasteiger partial charge in [-0.05, 0) is 11.6 Å². The number of aldehydes is 1. The number of aromatic nitrogens is 2. The van der Waals surface area contributed by atoms with Gasteiger partial charge in [-0.15, -0.1) is 0 Å². The first-order valence-corrected chi connectivity index (χ1v) is 5.86. The van der Waals surface area contributed by atoms with E-state index < -0.39 is 5.82 Å². The molecule has 1 aromatic carbocycles. The first kappa shape index (κ1) is 14.6. The van der Waals surface area contributed by atoms with Crippen molar-refractivity contribution in [2.45, 2.75) is 20.4 Å². The maximum absolute atomic E-state index is 13.4. The normalized spacial score (nSPS) is 9.16. The summed E-state index contributed by atoms with van der Waals surface area (Å²) in [6, 6.07) is 4.38. The number of carbonyl (C=O) groups is 1. The van der Waals surface area contributed by atoms with Crippen LogP contribution in [0.2, 0.25) is 0 Å². The largest absolute Gasteiger partial charge is 0.324 e. The van der Waals surface area contributed by atoms with Crippen LogP contribution in [0, 0.1) is 12.4 Å². The molecule has 5 heteroatoms. The lowest BCUT2D eigenvalue weighted by atomic mass is 10.2. The Morgan fingerprint density at radius 2 is 2.21 bits per heavy atom. The van der Waals surface area contributed by atoms with Gasteiger partial charge in [0.1, 0.15) is 11.5 Å². The molecule has 98 valence electrons. The van der Waals surface area contributed by atoms with Gasteiger partial charge in [0.25, 0.3) is 0 Å². The topological polar surface area (TPSA) is 39.2 Å². The van der Waals surface area contributed by atoms with Crippen LogP contribution in [0.25, 0.3) is 4.85 Å². The molecule has 0 unspecified atom stereocenters. The van der Waals surface area contributed by atoms with Gasteiger partial charge in [-0.3, -0.25) is 4.79 Å². The van der Waals surface area contributed by atoms with Crippen molar-refractivity contribution in [2.24, 2.45) is 0 Å². The van der Waals surface area contributed by atoms with E-state index in [0.29, 0.717) is 24.1 Å². The van der Waals surface area contributed by atoms with Gasteiger partial charge in [0.2, 0.25) is 5.69 Å². The number of rotatable bonds is 3. The molecule has 0 radical (unpaired) electrons. The monoisotopic (exact) mass is 259 g/mol. The van der Waals surface area contributed by atoms with Crippen LogP contribution >= 0.6 is 0 Å². The van der Waals surface area contributed by atoms with Crippen molar-refractivity contribution in [1.29, 1.82) is 0 Å². The van der Waals surface area contributed by atoms with E-state index in [9.17, 15) is 9.18 Å². The summed E-state index contributed by atoms with van der Waals surface area (Å²) in [4.78, 5) is 17.5. The molecule has 0 saturated heterocycles. The predicted octanol–water partition coefficient (Wildman–Crippen LogP) is 3.46. The van der Waals surface area contributed by atoms with Crippen molar-refractivity contribution in [1.82, 2.24) is 9.55 Å². The SMILES string of the molecule is CC.[C-]#[N+]c1ccc(Cn2cncc2C=O)cc1F. The summed E-state index contributed by atoms with van der Waals surface area (Å²) in [5, 5.41) is 0. The van der Waals surface area contributed by atoms with Crippen molar-refractivity contribution >= 4 is 12.0 Å². The van der Waals surface area contributed by atoms with Gasteiger partial charge in [-0.25, -0.2) is 14.2 Å². The van der Waals surface area contributed by atoms with Crippen molar-refractivity contribution in [3.8, 4) is 0 Å². The molecule has 0 atom stereocenters. The van der Waals surface area contributed by atoms with Crippen LogP contribution in [-0.2, 0) is 6.54 Å². The van der Waals surface area contributed by atoms with Gasteiger partial charge in [0.05, 0.1) is 19.1 Å². The standard InChI is InChI=1S/C12H8FN3O.C2H6/c1-14-12-3-2-9(4-11(12)13)6-16-8-15-5-10(16)7-17;1-2/h2-5,7-8H,6H2;1-2H3. The highest BCUT2D eigenvalue weighted by Crippen LogP contribution is 2.19. The summed E-state index contributed by atoms with van der Waals surface area (Å²) in [6.45, 7) is 11.1. The highest BCUT2D eigenvalue weighted by atomic mass is 19.1. The van der Waals surface area contributed by atoms with Gasteiger partial charge in [-0.2, -0.15) is 0 Å². The molecule has 0 aliphatic heterocycles. The van der Waals surface area contributed by atoms with Gasteiger partial charge < -0.3 is 4.57 Å². The summed E-state index contributed by atoms with van der Waals surface area (Å²) in [5.74, 6) is -0.551. The fraction of sp³-hybridized carbons (Fsp3) is 0.214. The zero-order valence-electron chi connectivity index (χ0n) is 10.8. The fourth-order valence-corrected chi connectivity index (χ4v) is 1.50. The lowest BCUT2D eigenvalue weighted by Gasteiger charge is -2.05. The van der Waals surface area contributed by atoms with Crippen LogP contribution in [0.15, 0.2) is 30.7 Å². The number of hydrogen-bond acceptors (Lipinski definition) is 2. The average molecular weight is 259 g/mol. The minimum atomic E-state index is -0.551. The van der Waals surface area contributed by atoms with Gasteiger partial charge in [0.15, 0.2) is 6.29 Å². The van der Waals surface area contributed by atoms with E-state index in [0.717, 1.165) is 0 Å². The second-order valence-electron chi connectivity index (χ2n) is 3.46. The Morgan fingerprint density at radius 3 is 2.79 bits per heavy atom. The van der Waals surface area contributed by atoms with Crippen LogP contribution in [0.4, 0.5) is 10.1 Å². The van der Waals surface area contributed by atoms with Crippen molar-refractivity contribution in [3.63, 3.8) is 0 Å². The number of nitrogens with zero attached hydrogens (tertiary/aromatic N) is 3. The van der Waals surface area contributed by atoms with E-state index in [1.165, 1.54) is 24.7 Å². The first-order valence-electron chi connectivity index (χ1n) is 5.86. The third-order valence-electron chi connectivity index (χ3n) is 2.35. The van der Waals surface area contributed by atoms with Crippen molar-refractivity contribution < 1.29 is 9.18 Å². The zero-order valence-corrected chi connectivity index (χ0v) is 10.8. The Hall–Kier alpha value is -2.48. The molecular weight excluding hydrogens is 245 g/mol. The smallest absolute Gasteiger partial charge is 0.222 e. The lowest BCUT2D eigenvalue weighted by molar-refractivity contribution is 0.111. The predicted molar refractivity (Wildman–Crippen MR) is 70.7 cm³/mol. The quantitative estimate of drug-likeness (QED) is 0.625. The van der Waals surface area contributed by atoms with E-state index in [1.54, 1.807) is 10.6 Å². The molecule has 0 N–H and O–H groups in total. The molecular formula is C14H14FN3O. The lowest BCUT2D eigenvalue weighted by Crippen LogP contribution is -2.02. The van der Waals surface area contributed by atoms with Crippen LogP contribution in [0.5, 0.6) is 0 Å². The van der Waals surface area contributed by atoms with Crippen molar-refractivity contribution in [2.75, 3.05) is 0 Å². The first-order chi connectivity index (χ1) is 9.24. The molecule has 2 aromatic rings. The third-order valence-corrected chi connectivity index (χ3v) is 2.35. The Balaban J connectivity index is 0.000000861. The second-order valence-corrected chi connectivity index (χ2v) is 3.46. The van der Waals surface area contributed by atoms with E-state index in [-0.39, 0.29) is 5.69 Å². The summed E-state index contributed by atoms with van der Waals surface area (Å²) in [7, 11) is 0. The number of hydrogen-bond donors (Lipinski definition) is 0. The molecule has 0 aliphatic rings. The van der Waals surface area contributed by atoms with Crippen LogP contribution < -0.4 is 0 Å². The molecule has 0 saturated carbocycles. The highest BCUT2D eigenvalue weighted by Gasteiger charge is 2.05. The summed E-state index contributed by atoms with van der Waals surface area (Å²) in [6.07, 6.45) is 3.64. The van der Waals surface area contributed by atoms with Gasteiger partial charge in [0, 0.05) is 6.54 Å². The Bertz CT molecular complexity index is 599. The Kier molecular flexibility index (Phi) is 5.42. The molecule has 0 fully saturated rings.